The largest absolute Gasteiger partial charge is 0.272 e. The molecule has 2 heterocycles. The van der Waals surface area contributed by atoms with Gasteiger partial charge in [-0.3, -0.25) is 0 Å². The van der Waals surface area contributed by atoms with Crippen molar-refractivity contribution in [3.8, 4) is 5.69 Å². The van der Waals surface area contributed by atoms with E-state index in [-0.39, 0.29) is 16.8 Å². The molecule has 0 unspecified atom stereocenters. The van der Waals surface area contributed by atoms with Crippen LogP contribution < -0.4 is 0 Å². The highest BCUT2D eigenvalue weighted by molar-refractivity contribution is 7.99. The summed E-state index contributed by atoms with van der Waals surface area (Å²) in [4.78, 5) is 8.40. The van der Waals surface area contributed by atoms with Crippen LogP contribution in [0, 0.1) is 11.8 Å². The van der Waals surface area contributed by atoms with Crippen LogP contribution >= 0.6 is 11.8 Å². The van der Waals surface area contributed by atoms with Gasteiger partial charge in [-0.1, -0.05) is 35.1 Å². The third kappa shape index (κ3) is 4.01. The molecule has 2 atom stereocenters. The fourth-order valence-electron chi connectivity index (χ4n) is 3.08. The molecule has 3 aromatic rings. The summed E-state index contributed by atoms with van der Waals surface area (Å²) in [5.74, 6) is 1.30. The number of aromatic nitrogens is 6. The summed E-state index contributed by atoms with van der Waals surface area (Å²) in [6.07, 6.45) is 5.33. The van der Waals surface area contributed by atoms with Crippen LogP contribution in [0.2, 0.25) is 0 Å². The smallest absolute Gasteiger partial charge is 0.231 e. The van der Waals surface area contributed by atoms with Gasteiger partial charge in [-0.2, -0.15) is 4.68 Å². The Bertz CT molecular complexity index is 995. The van der Waals surface area contributed by atoms with Crippen LogP contribution in [0.5, 0.6) is 0 Å². The predicted molar refractivity (Wildman–Crippen MR) is 100 cm³/mol. The molecule has 8 nitrogen and oxygen atoms in total. The Morgan fingerprint density at radius 1 is 1.04 bits per heavy atom. The number of benzene rings is 1. The highest BCUT2D eigenvalue weighted by Gasteiger charge is 2.37. The van der Waals surface area contributed by atoms with E-state index in [9.17, 15) is 8.42 Å². The molecule has 0 aliphatic heterocycles. The first-order chi connectivity index (χ1) is 13.1. The average molecular weight is 403 g/mol. The molecule has 1 aliphatic rings. The summed E-state index contributed by atoms with van der Waals surface area (Å²) in [5.41, 5.74) is 0.628. The predicted octanol–water partition coefficient (Wildman–Crippen LogP) is 2.04. The van der Waals surface area contributed by atoms with Gasteiger partial charge in [0.15, 0.2) is 5.16 Å². The van der Waals surface area contributed by atoms with Gasteiger partial charge in [0.25, 0.3) is 5.16 Å². The molecule has 1 aliphatic carbocycles. The SMILES string of the molecule is O=S(=O)(C[C@@H]1CC[C@H]1CSc1ncccn1)c1nnnn1-c1ccccc1. The van der Waals surface area contributed by atoms with E-state index in [4.69, 9.17) is 0 Å². The second kappa shape index (κ2) is 7.73. The third-order valence-corrected chi connectivity index (χ3v) is 7.44. The zero-order valence-corrected chi connectivity index (χ0v) is 16.1. The summed E-state index contributed by atoms with van der Waals surface area (Å²) >= 11 is 1.57. The van der Waals surface area contributed by atoms with Gasteiger partial charge in [0.05, 0.1) is 11.4 Å². The molecule has 27 heavy (non-hydrogen) atoms. The van der Waals surface area contributed by atoms with E-state index >= 15 is 0 Å². The van der Waals surface area contributed by atoms with Gasteiger partial charge in [-0.25, -0.2) is 18.4 Å². The maximum Gasteiger partial charge on any atom is 0.272 e. The number of sulfone groups is 1. The van der Waals surface area contributed by atoms with E-state index in [1.807, 2.05) is 18.2 Å². The Morgan fingerprint density at radius 3 is 2.48 bits per heavy atom. The number of rotatable bonds is 7. The molecular weight excluding hydrogens is 384 g/mol. The Hall–Kier alpha value is -2.33. The standard InChI is InChI=1S/C17H18N6O2S2/c24-27(25,17-20-21-22-23(17)15-5-2-1-3-6-15)12-14-8-7-13(14)11-26-16-18-9-4-10-19-16/h1-6,9-10,13-14H,7-8,11-12H2/t13-,14-/m0/s1. The second-order valence-corrected chi connectivity index (χ2v) is 9.35. The number of thioether (sulfide) groups is 1. The Morgan fingerprint density at radius 2 is 1.78 bits per heavy atom. The van der Waals surface area contributed by atoms with Crippen molar-refractivity contribution in [3.63, 3.8) is 0 Å². The molecule has 10 heteroatoms. The van der Waals surface area contributed by atoms with Crippen LogP contribution in [-0.2, 0) is 9.84 Å². The maximum atomic E-state index is 12.9. The van der Waals surface area contributed by atoms with Crippen LogP contribution in [0.25, 0.3) is 5.69 Å². The summed E-state index contributed by atoms with van der Waals surface area (Å²) in [6.45, 7) is 0. The summed E-state index contributed by atoms with van der Waals surface area (Å²) in [7, 11) is -3.59. The second-order valence-electron chi connectivity index (χ2n) is 6.43. The van der Waals surface area contributed by atoms with Gasteiger partial charge >= 0.3 is 0 Å². The molecule has 4 rings (SSSR count). The van der Waals surface area contributed by atoms with Crippen molar-refractivity contribution < 1.29 is 8.42 Å². The van der Waals surface area contributed by atoms with Gasteiger partial charge in [0.2, 0.25) is 9.84 Å². The van der Waals surface area contributed by atoms with Crippen molar-refractivity contribution in [2.45, 2.75) is 23.2 Å². The van der Waals surface area contributed by atoms with Gasteiger partial charge in [0, 0.05) is 18.1 Å². The van der Waals surface area contributed by atoms with Gasteiger partial charge in [0.1, 0.15) is 0 Å². The minimum atomic E-state index is -3.59. The fraction of sp³-hybridized carbons (Fsp3) is 0.353. The first-order valence-corrected chi connectivity index (χ1v) is 11.2. The van der Waals surface area contributed by atoms with E-state index < -0.39 is 9.84 Å². The minimum Gasteiger partial charge on any atom is -0.231 e. The van der Waals surface area contributed by atoms with Crippen LogP contribution in [0.4, 0.5) is 0 Å². The molecule has 1 aromatic carbocycles. The van der Waals surface area contributed by atoms with Crippen molar-refractivity contribution >= 4 is 21.6 Å². The molecule has 1 fully saturated rings. The molecule has 0 amide bonds. The molecular formula is C17H18N6O2S2. The fourth-order valence-corrected chi connectivity index (χ4v) is 5.87. The van der Waals surface area contributed by atoms with E-state index in [0.717, 1.165) is 23.8 Å². The van der Waals surface area contributed by atoms with Crippen LogP contribution in [0.3, 0.4) is 0 Å². The normalized spacial score (nSPS) is 19.6. The van der Waals surface area contributed by atoms with Crippen molar-refractivity contribution in [3.05, 3.63) is 48.8 Å². The Kier molecular flexibility index (Phi) is 5.17. The molecule has 140 valence electrons. The van der Waals surface area contributed by atoms with E-state index in [2.05, 4.69) is 25.5 Å². The number of para-hydroxylation sites is 1. The lowest BCUT2D eigenvalue weighted by Gasteiger charge is -2.35. The third-order valence-electron chi connectivity index (χ3n) is 4.70. The van der Waals surface area contributed by atoms with Crippen molar-refractivity contribution in [1.82, 2.24) is 30.2 Å². The van der Waals surface area contributed by atoms with Crippen LogP contribution in [0.1, 0.15) is 12.8 Å². The molecule has 2 aromatic heterocycles. The Balaban J connectivity index is 1.44. The van der Waals surface area contributed by atoms with Crippen LogP contribution in [0.15, 0.2) is 59.1 Å². The number of nitrogens with zero attached hydrogens (tertiary/aromatic N) is 6. The Labute approximate surface area is 161 Å². The summed E-state index contributed by atoms with van der Waals surface area (Å²) < 4.78 is 27.1. The lowest BCUT2D eigenvalue weighted by Crippen LogP contribution is -2.34. The minimum absolute atomic E-state index is 0.0566. The lowest BCUT2D eigenvalue weighted by atomic mass is 9.76. The van der Waals surface area contributed by atoms with Crippen molar-refractivity contribution in [2.24, 2.45) is 11.8 Å². The molecule has 0 radical (unpaired) electrons. The summed E-state index contributed by atoms with van der Waals surface area (Å²) in [6, 6.07) is 10.8. The van der Waals surface area contributed by atoms with E-state index in [0.29, 0.717) is 11.6 Å². The van der Waals surface area contributed by atoms with Gasteiger partial charge in [-0.05, 0) is 53.3 Å². The van der Waals surface area contributed by atoms with Crippen molar-refractivity contribution in [1.29, 1.82) is 0 Å². The maximum absolute atomic E-state index is 12.9. The highest BCUT2D eigenvalue weighted by Crippen LogP contribution is 2.39. The molecule has 0 N–H and O–H groups in total. The zero-order valence-electron chi connectivity index (χ0n) is 14.4. The lowest BCUT2D eigenvalue weighted by molar-refractivity contribution is 0.226. The topological polar surface area (TPSA) is 104 Å². The van der Waals surface area contributed by atoms with E-state index in [1.165, 1.54) is 4.68 Å². The first-order valence-electron chi connectivity index (χ1n) is 8.60. The highest BCUT2D eigenvalue weighted by atomic mass is 32.2. The number of hydrogen-bond donors (Lipinski definition) is 0. The zero-order chi connectivity index (χ0) is 18.7. The first kappa shape index (κ1) is 18.1. The molecule has 0 spiro atoms. The van der Waals surface area contributed by atoms with Gasteiger partial charge in [-0.15, -0.1) is 0 Å². The van der Waals surface area contributed by atoms with Crippen molar-refractivity contribution in [2.75, 3.05) is 11.5 Å². The summed E-state index contributed by atoms with van der Waals surface area (Å²) in [5, 5.41) is 11.8. The van der Waals surface area contributed by atoms with Crippen LogP contribution in [-0.4, -0.2) is 50.1 Å². The molecule has 0 bridgehead atoms. The number of tetrazole rings is 1. The average Bonchev–Trinajstić information content (AvgIpc) is 3.18. The van der Waals surface area contributed by atoms with E-state index in [1.54, 1.807) is 42.4 Å². The quantitative estimate of drug-likeness (QED) is 0.437. The monoisotopic (exact) mass is 402 g/mol. The molecule has 1 saturated carbocycles. The molecule has 0 saturated heterocycles. The number of hydrogen-bond acceptors (Lipinski definition) is 8. The van der Waals surface area contributed by atoms with Gasteiger partial charge < -0.3 is 0 Å².